The number of hydrogen-bond donors (Lipinski definition) is 0. The second kappa shape index (κ2) is 6.46. The standard InChI is InChI=1S/C18H24N6O/c1-22(2)17-14(5-3-9-19-17)18(25)23-11-7-13(8-12-23)16-21-20-15-6-4-10-24(15)16/h3,5,9,13H,4,6-8,10-12H2,1-2H3. The van der Waals surface area contributed by atoms with Gasteiger partial charge >= 0.3 is 0 Å². The molecule has 2 aliphatic heterocycles. The average molecular weight is 340 g/mol. The molecule has 25 heavy (non-hydrogen) atoms. The van der Waals surface area contributed by atoms with Gasteiger partial charge in [-0.3, -0.25) is 4.79 Å². The monoisotopic (exact) mass is 340 g/mol. The van der Waals surface area contributed by atoms with Crippen molar-refractivity contribution in [2.24, 2.45) is 0 Å². The third-order valence-corrected chi connectivity index (χ3v) is 5.23. The molecule has 7 nitrogen and oxygen atoms in total. The van der Waals surface area contributed by atoms with E-state index in [-0.39, 0.29) is 5.91 Å². The fourth-order valence-corrected chi connectivity index (χ4v) is 3.91. The van der Waals surface area contributed by atoms with Crippen LogP contribution in [0.5, 0.6) is 0 Å². The van der Waals surface area contributed by atoms with Crippen LogP contribution >= 0.6 is 0 Å². The van der Waals surface area contributed by atoms with Gasteiger partial charge < -0.3 is 14.4 Å². The fraction of sp³-hybridized carbons (Fsp3) is 0.556. The summed E-state index contributed by atoms with van der Waals surface area (Å²) >= 11 is 0. The number of rotatable bonds is 3. The Morgan fingerprint density at radius 3 is 2.76 bits per heavy atom. The van der Waals surface area contributed by atoms with Crippen LogP contribution in [0.3, 0.4) is 0 Å². The first kappa shape index (κ1) is 16.1. The van der Waals surface area contributed by atoms with Crippen molar-refractivity contribution in [2.75, 3.05) is 32.1 Å². The molecule has 0 atom stereocenters. The van der Waals surface area contributed by atoms with Crippen LogP contribution in [-0.2, 0) is 13.0 Å². The number of hydrogen-bond acceptors (Lipinski definition) is 5. The van der Waals surface area contributed by atoms with Crippen molar-refractivity contribution in [1.82, 2.24) is 24.6 Å². The first-order valence-corrected chi connectivity index (χ1v) is 8.98. The van der Waals surface area contributed by atoms with Crippen LogP contribution in [0.4, 0.5) is 5.82 Å². The first-order valence-electron chi connectivity index (χ1n) is 8.98. The topological polar surface area (TPSA) is 67.2 Å². The van der Waals surface area contributed by atoms with E-state index < -0.39 is 0 Å². The maximum Gasteiger partial charge on any atom is 0.257 e. The second-order valence-electron chi connectivity index (χ2n) is 7.07. The Hall–Kier alpha value is -2.44. The van der Waals surface area contributed by atoms with E-state index in [1.807, 2.05) is 36.0 Å². The predicted octanol–water partition coefficient (Wildman–Crippen LogP) is 1.71. The van der Waals surface area contributed by atoms with E-state index in [0.29, 0.717) is 11.5 Å². The number of likely N-dealkylation sites (tertiary alicyclic amines) is 1. The SMILES string of the molecule is CN(C)c1ncccc1C(=O)N1CCC(c2nnc3n2CCC3)CC1. The Kier molecular flexibility index (Phi) is 4.15. The van der Waals surface area contributed by atoms with E-state index in [1.54, 1.807) is 6.20 Å². The number of amides is 1. The van der Waals surface area contributed by atoms with Gasteiger partial charge in [-0.25, -0.2) is 4.98 Å². The molecular weight excluding hydrogens is 316 g/mol. The third kappa shape index (κ3) is 2.88. The largest absolute Gasteiger partial charge is 0.362 e. The van der Waals surface area contributed by atoms with Gasteiger partial charge in [-0.15, -0.1) is 10.2 Å². The summed E-state index contributed by atoms with van der Waals surface area (Å²) in [5, 5.41) is 8.74. The molecule has 132 valence electrons. The summed E-state index contributed by atoms with van der Waals surface area (Å²) in [6.45, 7) is 2.56. The number of nitrogens with zero attached hydrogens (tertiary/aromatic N) is 6. The summed E-state index contributed by atoms with van der Waals surface area (Å²) in [4.78, 5) is 21.1. The number of aryl methyl sites for hydroxylation is 1. The quantitative estimate of drug-likeness (QED) is 0.851. The molecule has 7 heteroatoms. The minimum atomic E-state index is 0.0710. The molecule has 0 spiro atoms. The zero-order chi connectivity index (χ0) is 17.4. The van der Waals surface area contributed by atoms with Gasteiger partial charge in [0.15, 0.2) is 0 Å². The fourth-order valence-electron chi connectivity index (χ4n) is 3.91. The van der Waals surface area contributed by atoms with Crippen LogP contribution in [0, 0.1) is 0 Å². The van der Waals surface area contributed by atoms with Crippen molar-refractivity contribution in [1.29, 1.82) is 0 Å². The lowest BCUT2D eigenvalue weighted by atomic mass is 9.95. The highest BCUT2D eigenvalue weighted by Crippen LogP contribution is 2.30. The smallest absolute Gasteiger partial charge is 0.257 e. The number of carbonyl (C=O) groups excluding carboxylic acids is 1. The molecule has 2 aliphatic rings. The normalized spacial score (nSPS) is 17.6. The predicted molar refractivity (Wildman–Crippen MR) is 94.8 cm³/mol. The summed E-state index contributed by atoms with van der Waals surface area (Å²) in [6.07, 6.45) is 5.83. The molecule has 0 N–H and O–H groups in total. The van der Waals surface area contributed by atoms with E-state index in [2.05, 4.69) is 19.7 Å². The third-order valence-electron chi connectivity index (χ3n) is 5.23. The Balaban J connectivity index is 1.46. The molecule has 1 saturated heterocycles. The molecular formula is C18H24N6O. The van der Waals surface area contributed by atoms with E-state index in [4.69, 9.17) is 0 Å². The maximum atomic E-state index is 12.9. The van der Waals surface area contributed by atoms with Crippen molar-refractivity contribution in [3.63, 3.8) is 0 Å². The molecule has 1 amide bonds. The van der Waals surface area contributed by atoms with Crippen LogP contribution in [0.1, 0.15) is 47.2 Å². The molecule has 0 aromatic carbocycles. The highest BCUT2D eigenvalue weighted by atomic mass is 16.2. The zero-order valence-corrected chi connectivity index (χ0v) is 14.9. The molecule has 2 aromatic rings. The van der Waals surface area contributed by atoms with Gasteiger partial charge in [-0.05, 0) is 31.4 Å². The zero-order valence-electron chi connectivity index (χ0n) is 14.9. The number of anilines is 1. The van der Waals surface area contributed by atoms with Crippen molar-refractivity contribution < 1.29 is 4.79 Å². The lowest BCUT2D eigenvalue weighted by Gasteiger charge is -2.32. The van der Waals surface area contributed by atoms with Crippen molar-refractivity contribution >= 4 is 11.7 Å². The van der Waals surface area contributed by atoms with E-state index in [9.17, 15) is 4.79 Å². The number of aromatic nitrogens is 4. The summed E-state index contributed by atoms with van der Waals surface area (Å²) in [6, 6.07) is 3.69. The summed E-state index contributed by atoms with van der Waals surface area (Å²) in [5.41, 5.74) is 0.675. The van der Waals surface area contributed by atoms with Crippen molar-refractivity contribution in [2.45, 2.75) is 38.1 Å². The molecule has 0 aliphatic carbocycles. The van der Waals surface area contributed by atoms with Crippen LogP contribution in [0.15, 0.2) is 18.3 Å². The Labute approximate surface area is 147 Å². The van der Waals surface area contributed by atoms with Gasteiger partial charge in [0, 0.05) is 52.3 Å². The van der Waals surface area contributed by atoms with Crippen molar-refractivity contribution in [3.05, 3.63) is 35.5 Å². The van der Waals surface area contributed by atoms with Crippen LogP contribution in [0.25, 0.3) is 0 Å². The van der Waals surface area contributed by atoms with Crippen LogP contribution < -0.4 is 4.90 Å². The Bertz CT molecular complexity index is 776. The number of fused-ring (bicyclic) bond motifs is 1. The average Bonchev–Trinajstić information content (AvgIpc) is 3.25. The van der Waals surface area contributed by atoms with Gasteiger partial charge in [0.05, 0.1) is 5.56 Å². The van der Waals surface area contributed by atoms with E-state index in [1.165, 1.54) is 6.42 Å². The van der Waals surface area contributed by atoms with Crippen LogP contribution in [-0.4, -0.2) is 57.7 Å². The molecule has 2 aromatic heterocycles. The Morgan fingerprint density at radius 2 is 2.00 bits per heavy atom. The van der Waals surface area contributed by atoms with Crippen molar-refractivity contribution in [3.8, 4) is 0 Å². The highest BCUT2D eigenvalue weighted by Gasteiger charge is 2.30. The maximum absolute atomic E-state index is 12.9. The van der Waals surface area contributed by atoms with E-state index in [0.717, 1.165) is 56.4 Å². The minimum Gasteiger partial charge on any atom is -0.362 e. The molecule has 0 saturated carbocycles. The van der Waals surface area contributed by atoms with Gasteiger partial charge in [0.2, 0.25) is 0 Å². The lowest BCUT2D eigenvalue weighted by Crippen LogP contribution is -2.39. The first-order chi connectivity index (χ1) is 12.1. The molecule has 0 bridgehead atoms. The van der Waals surface area contributed by atoms with E-state index >= 15 is 0 Å². The number of pyridine rings is 1. The van der Waals surface area contributed by atoms with Gasteiger partial charge in [-0.1, -0.05) is 0 Å². The molecule has 1 fully saturated rings. The second-order valence-corrected chi connectivity index (χ2v) is 7.07. The number of carbonyl (C=O) groups is 1. The lowest BCUT2D eigenvalue weighted by molar-refractivity contribution is 0.0710. The van der Waals surface area contributed by atoms with Gasteiger partial charge in [0.1, 0.15) is 17.5 Å². The molecule has 4 heterocycles. The summed E-state index contributed by atoms with van der Waals surface area (Å²) in [7, 11) is 3.83. The molecule has 0 unspecified atom stereocenters. The summed E-state index contributed by atoms with van der Waals surface area (Å²) in [5.74, 6) is 3.45. The molecule has 0 radical (unpaired) electrons. The molecule has 4 rings (SSSR count). The van der Waals surface area contributed by atoms with Gasteiger partial charge in [-0.2, -0.15) is 0 Å². The van der Waals surface area contributed by atoms with Gasteiger partial charge in [0.25, 0.3) is 5.91 Å². The minimum absolute atomic E-state index is 0.0710. The van der Waals surface area contributed by atoms with Crippen LogP contribution in [0.2, 0.25) is 0 Å². The Morgan fingerprint density at radius 1 is 1.20 bits per heavy atom. The number of piperidine rings is 1. The highest BCUT2D eigenvalue weighted by molar-refractivity contribution is 5.98. The summed E-state index contributed by atoms with van der Waals surface area (Å²) < 4.78 is 2.29.